The normalized spacial score (nSPS) is 19.7. The number of ether oxygens (including phenoxy) is 2. The van der Waals surface area contributed by atoms with E-state index in [1.54, 1.807) is 0 Å². The molecule has 0 spiro atoms. The Kier molecular flexibility index (Phi) is 4.05. The zero-order chi connectivity index (χ0) is 11.2. The van der Waals surface area contributed by atoms with Crippen LogP contribution in [0.2, 0.25) is 0 Å². The lowest BCUT2D eigenvalue weighted by Crippen LogP contribution is -2.28. The van der Waals surface area contributed by atoms with Crippen LogP contribution in [0.3, 0.4) is 0 Å². The van der Waals surface area contributed by atoms with Crippen LogP contribution >= 0.6 is 0 Å². The lowest BCUT2D eigenvalue weighted by atomic mass is 10.2. The number of hydrogen-bond acceptors (Lipinski definition) is 3. The minimum atomic E-state index is 0.510. The highest BCUT2D eigenvalue weighted by Crippen LogP contribution is 2.20. The highest BCUT2D eigenvalue weighted by atomic mass is 16.5. The smallest absolute Gasteiger partial charge is 0.123 e. The summed E-state index contributed by atoms with van der Waals surface area (Å²) in [5.41, 5.74) is 0. The van der Waals surface area contributed by atoms with E-state index < -0.39 is 0 Å². The van der Waals surface area contributed by atoms with Gasteiger partial charge in [-0.1, -0.05) is 6.07 Å². The van der Waals surface area contributed by atoms with Crippen LogP contribution in [0.4, 0.5) is 0 Å². The van der Waals surface area contributed by atoms with Gasteiger partial charge in [0.2, 0.25) is 0 Å². The summed E-state index contributed by atoms with van der Waals surface area (Å²) in [7, 11) is 0. The highest BCUT2D eigenvalue weighted by molar-refractivity contribution is 5.32. The first-order valence-corrected chi connectivity index (χ1v) is 5.97. The standard InChI is InChI=1S/C13H19NO2/c1-2-15-12-6-3-7-13(9-12)16-10-11-5-4-8-14-11/h3,6-7,9,11,14H,2,4-5,8,10H2,1H3/t11-/m0/s1. The molecule has 3 heteroatoms. The molecule has 1 aliphatic rings. The summed E-state index contributed by atoms with van der Waals surface area (Å²) in [6.07, 6.45) is 2.47. The molecule has 1 aromatic rings. The zero-order valence-electron chi connectivity index (χ0n) is 9.74. The molecule has 0 amide bonds. The van der Waals surface area contributed by atoms with E-state index >= 15 is 0 Å². The first-order valence-electron chi connectivity index (χ1n) is 5.97. The molecule has 0 radical (unpaired) electrons. The second-order valence-electron chi connectivity index (χ2n) is 4.01. The van der Waals surface area contributed by atoms with Gasteiger partial charge in [0.25, 0.3) is 0 Å². The van der Waals surface area contributed by atoms with E-state index in [1.165, 1.54) is 12.8 Å². The summed E-state index contributed by atoms with van der Waals surface area (Å²) < 4.78 is 11.2. The summed E-state index contributed by atoms with van der Waals surface area (Å²) in [6, 6.07) is 8.33. The van der Waals surface area contributed by atoms with Crippen molar-refractivity contribution in [2.45, 2.75) is 25.8 Å². The lowest BCUT2D eigenvalue weighted by Gasteiger charge is -2.12. The Morgan fingerprint density at radius 2 is 2.12 bits per heavy atom. The SMILES string of the molecule is CCOc1cccc(OC[C@@H]2CCCN2)c1. The Bertz CT molecular complexity index is 321. The van der Waals surface area contributed by atoms with Gasteiger partial charge >= 0.3 is 0 Å². The second-order valence-corrected chi connectivity index (χ2v) is 4.01. The van der Waals surface area contributed by atoms with Gasteiger partial charge < -0.3 is 14.8 Å². The topological polar surface area (TPSA) is 30.5 Å². The van der Waals surface area contributed by atoms with Crippen molar-refractivity contribution in [3.8, 4) is 11.5 Å². The van der Waals surface area contributed by atoms with Crippen LogP contribution in [0.1, 0.15) is 19.8 Å². The molecule has 1 N–H and O–H groups in total. The van der Waals surface area contributed by atoms with E-state index in [0.29, 0.717) is 12.6 Å². The van der Waals surface area contributed by atoms with Gasteiger partial charge in [0, 0.05) is 12.1 Å². The number of benzene rings is 1. The van der Waals surface area contributed by atoms with Gasteiger partial charge in [-0.05, 0) is 38.4 Å². The maximum Gasteiger partial charge on any atom is 0.123 e. The van der Waals surface area contributed by atoms with Crippen LogP contribution < -0.4 is 14.8 Å². The van der Waals surface area contributed by atoms with Gasteiger partial charge in [-0.3, -0.25) is 0 Å². The van der Waals surface area contributed by atoms with Crippen LogP contribution in [0.25, 0.3) is 0 Å². The molecule has 0 bridgehead atoms. The van der Waals surface area contributed by atoms with E-state index in [1.807, 2.05) is 31.2 Å². The summed E-state index contributed by atoms with van der Waals surface area (Å²) in [4.78, 5) is 0. The third kappa shape index (κ3) is 3.14. The van der Waals surface area contributed by atoms with Crippen molar-refractivity contribution in [3.05, 3.63) is 24.3 Å². The average molecular weight is 221 g/mol. The summed E-state index contributed by atoms with van der Waals surface area (Å²) >= 11 is 0. The van der Waals surface area contributed by atoms with Crippen LogP contribution in [0.15, 0.2) is 24.3 Å². The van der Waals surface area contributed by atoms with Crippen molar-refractivity contribution in [3.63, 3.8) is 0 Å². The van der Waals surface area contributed by atoms with Crippen LogP contribution in [0, 0.1) is 0 Å². The van der Waals surface area contributed by atoms with E-state index in [2.05, 4.69) is 5.32 Å². The van der Waals surface area contributed by atoms with Crippen molar-refractivity contribution in [1.29, 1.82) is 0 Å². The van der Waals surface area contributed by atoms with Gasteiger partial charge in [0.15, 0.2) is 0 Å². The van der Waals surface area contributed by atoms with Gasteiger partial charge in [-0.15, -0.1) is 0 Å². The van der Waals surface area contributed by atoms with Crippen molar-refractivity contribution < 1.29 is 9.47 Å². The molecular formula is C13H19NO2. The molecule has 0 unspecified atom stereocenters. The van der Waals surface area contributed by atoms with E-state index in [0.717, 1.165) is 24.7 Å². The molecule has 1 atom stereocenters. The van der Waals surface area contributed by atoms with Gasteiger partial charge in [0.05, 0.1) is 6.61 Å². The predicted molar refractivity (Wildman–Crippen MR) is 64.1 cm³/mol. The first-order chi connectivity index (χ1) is 7.88. The van der Waals surface area contributed by atoms with Crippen LogP contribution in [-0.2, 0) is 0 Å². The first kappa shape index (κ1) is 11.3. The molecule has 1 aromatic carbocycles. The zero-order valence-corrected chi connectivity index (χ0v) is 9.74. The quantitative estimate of drug-likeness (QED) is 0.827. The van der Waals surface area contributed by atoms with Crippen molar-refractivity contribution in [1.82, 2.24) is 5.32 Å². The minimum Gasteiger partial charge on any atom is -0.494 e. The Morgan fingerprint density at radius 3 is 2.81 bits per heavy atom. The van der Waals surface area contributed by atoms with Crippen molar-refractivity contribution >= 4 is 0 Å². The number of hydrogen-bond donors (Lipinski definition) is 1. The molecule has 88 valence electrons. The third-order valence-electron chi connectivity index (χ3n) is 2.73. The molecule has 1 fully saturated rings. The van der Waals surface area contributed by atoms with Gasteiger partial charge in [0.1, 0.15) is 18.1 Å². The van der Waals surface area contributed by atoms with E-state index in [4.69, 9.17) is 9.47 Å². The van der Waals surface area contributed by atoms with Gasteiger partial charge in [-0.2, -0.15) is 0 Å². The van der Waals surface area contributed by atoms with Crippen molar-refractivity contribution in [2.75, 3.05) is 19.8 Å². The Hall–Kier alpha value is -1.22. The van der Waals surface area contributed by atoms with Crippen LogP contribution in [0.5, 0.6) is 11.5 Å². The fourth-order valence-corrected chi connectivity index (χ4v) is 1.92. The van der Waals surface area contributed by atoms with Gasteiger partial charge in [-0.25, -0.2) is 0 Å². The molecule has 1 heterocycles. The monoisotopic (exact) mass is 221 g/mol. The molecule has 1 saturated heterocycles. The molecule has 0 aliphatic carbocycles. The highest BCUT2D eigenvalue weighted by Gasteiger charge is 2.14. The average Bonchev–Trinajstić information content (AvgIpc) is 2.80. The lowest BCUT2D eigenvalue weighted by molar-refractivity contribution is 0.274. The largest absolute Gasteiger partial charge is 0.494 e. The summed E-state index contributed by atoms with van der Waals surface area (Å²) in [6.45, 7) is 4.53. The second kappa shape index (κ2) is 5.75. The fourth-order valence-electron chi connectivity index (χ4n) is 1.92. The maximum absolute atomic E-state index is 5.73. The molecule has 0 aromatic heterocycles. The predicted octanol–water partition coefficient (Wildman–Crippen LogP) is 2.22. The molecular weight excluding hydrogens is 202 g/mol. The third-order valence-corrected chi connectivity index (χ3v) is 2.73. The Morgan fingerprint density at radius 1 is 1.31 bits per heavy atom. The molecule has 2 rings (SSSR count). The van der Waals surface area contributed by atoms with E-state index in [9.17, 15) is 0 Å². The molecule has 1 aliphatic heterocycles. The van der Waals surface area contributed by atoms with Crippen molar-refractivity contribution in [2.24, 2.45) is 0 Å². The summed E-state index contributed by atoms with van der Waals surface area (Å²) in [5.74, 6) is 1.76. The Labute approximate surface area is 96.8 Å². The minimum absolute atomic E-state index is 0.510. The molecule has 16 heavy (non-hydrogen) atoms. The summed E-state index contributed by atoms with van der Waals surface area (Å²) in [5, 5.41) is 3.41. The van der Waals surface area contributed by atoms with Crippen LogP contribution in [-0.4, -0.2) is 25.8 Å². The molecule has 0 saturated carbocycles. The number of nitrogens with one attached hydrogen (secondary N) is 1. The Balaban J connectivity index is 1.85. The van der Waals surface area contributed by atoms with E-state index in [-0.39, 0.29) is 0 Å². The fraction of sp³-hybridized carbons (Fsp3) is 0.538. The number of rotatable bonds is 5. The maximum atomic E-state index is 5.73. The molecule has 3 nitrogen and oxygen atoms in total.